The zero-order chi connectivity index (χ0) is 18.4. The van der Waals surface area contributed by atoms with Crippen LogP contribution in [0.25, 0.3) is 0 Å². The van der Waals surface area contributed by atoms with Crippen LogP contribution in [0, 0.1) is 5.92 Å². The smallest absolute Gasteiger partial charge is 0.147 e. The van der Waals surface area contributed by atoms with E-state index >= 15 is 0 Å². The second-order valence-corrected chi connectivity index (χ2v) is 7.39. The van der Waals surface area contributed by atoms with E-state index in [1.165, 1.54) is 43.9 Å². The van der Waals surface area contributed by atoms with Crippen molar-refractivity contribution in [3.05, 3.63) is 49.0 Å². The van der Waals surface area contributed by atoms with Gasteiger partial charge in [-0.25, -0.2) is 0 Å². The normalized spacial score (nSPS) is 30.7. The Labute approximate surface area is 156 Å². The number of aliphatic hydroxyl groups excluding tert-OH is 1. The highest BCUT2D eigenvalue weighted by atomic mass is 16.5. The SMILES string of the molecule is C=C/N=C1/C=C(C2CCCCC2)C=C(O[C@H]2CC[C@@H](O)CC2)/C1=N/C=C. The zero-order valence-electron chi connectivity index (χ0n) is 15.6. The average molecular weight is 354 g/mol. The second kappa shape index (κ2) is 9.13. The van der Waals surface area contributed by atoms with Crippen molar-refractivity contribution >= 4 is 11.4 Å². The van der Waals surface area contributed by atoms with Gasteiger partial charge in [0.05, 0.1) is 17.9 Å². The van der Waals surface area contributed by atoms with Gasteiger partial charge in [0.1, 0.15) is 11.5 Å². The van der Waals surface area contributed by atoms with Gasteiger partial charge in [0, 0.05) is 12.4 Å². The van der Waals surface area contributed by atoms with Crippen molar-refractivity contribution in [1.82, 2.24) is 0 Å². The molecule has 0 aromatic carbocycles. The second-order valence-electron chi connectivity index (χ2n) is 7.39. The molecule has 1 N–H and O–H groups in total. The lowest BCUT2D eigenvalue weighted by Crippen LogP contribution is -2.29. The monoisotopic (exact) mass is 354 g/mol. The van der Waals surface area contributed by atoms with E-state index in [1.54, 1.807) is 6.20 Å². The summed E-state index contributed by atoms with van der Waals surface area (Å²) in [5.74, 6) is 1.35. The molecule has 4 nitrogen and oxygen atoms in total. The number of ether oxygens (including phenoxy) is 1. The Morgan fingerprint density at radius 2 is 1.62 bits per heavy atom. The molecule has 0 amide bonds. The Morgan fingerprint density at radius 3 is 2.27 bits per heavy atom. The Morgan fingerprint density at radius 1 is 0.923 bits per heavy atom. The number of aliphatic hydroxyl groups is 1. The van der Waals surface area contributed by atoms with Crippen molar-refractivity contribution in [1.29, 1.82) is 0 Å². The third-order valence-corrected chi connectivity index (χ3v) is 5.54. The summed E-state index contributed by atoms with van der Waals surface area (Å²) >= 11 is 0. The zero-order valence-corrected chi connectivity index (χ0v) is 15.6. The number of aliphatic imine (C=N–C) groups is 2. The van der Waals surface area contributed by atoms with E-state index in [-0.39, 0.29) is 12.2 Å². The quantitative estimate of drug-likeness (QED) is 0.715. The first-order chi connectivity index (χ1) is 12.7. The minimum atomic E-state index is -0.188. The van der Waals surface area contributed by atoms with Crippen LogP contribution in [-0.4, -0.2) is 28.7 Å². The molecule has 0 atom stereocenters. The maximum atomic E-state index is 9.75. The Hall–Kier alpha value is -1.94. The van der Waals surface area contributed by atoms with Gasteiger partial charge in [-0.3, -0.25) is 9.98 Å². The van der Waals surface area contributed by atoms with E-state index in [2.05, 4.69) is 35.3 Å². The number of allylic oxidation sites excluding steroid dienone is 4. The van der Waals surface area contributed by atoms with Gasteiger partial charge < -0.3 is 9.84 Å². The maximum absolute atomic E-state index is 9.75. The van der Waals surface area contributed by atoms with Crippen LogP contribution >= 0.6 is 0 Å². The van der Waals surface area contributed by atoms with E-state index in [1.807, 2.05) is 0 Å². The summed E-state index contributed by atoms with van der Waals surface area (Å²) < 4.78 is 6.36. The highest BCUT2D eigenvalue weighted by molar-refractivity contribution is 6.52. The fraction of sp³-hybridized carbons (Fsp3) is 0.545. The van der Waals surface area contributed by atoms with Crippen molar-refractivity contribution in [2.24, 2.45) is 15.9 Å². The lowest BCUT2D eigenvalue weighted by molar-refractivity contribution is 0.0379. The minimum Gasteiger partial charge on any atom is -0.488 e. The average Bonchev–Trinajstić information content (AvgIpc) is 2.67. The molecule has 3 rings (SSSR count). The summed E-state index contributed by atoms with van der Waals surface area (Å²) in [6.45, 7) is 7.49. The number of hydrogen-bond donors (Lipinski definition) is 1. The fourth-order valence-corrected chi connectivity index (χ4v) is 4.14. The molecule has 0 spiro atoms. The van der Waals surface area contributed by atoms with Crippen LogP contribution in [0.3, 0.4) is 0 Å². The molecule has 0 aromatic heterocycles. The van der Waals surface area contributed by atoms with Gasteiger partial charge in [-0.15, -0.1) is 0 Å². The Kier molecular flexibility index (Phi) is 6.62. The van der Waals surface area contributed by atoms with Crippen LogP contribution < -0.4 is 0 Å². The van der Waals surface area contributed by atoms with E-state index in [0.717, 1.165) is 42.9 Å². The molecule has 26 heavy (non-hydrogen) atoms. The summed E-state index contributed by atoms with van der Waals surface area (Å²) in [5, 5.41) is 9.75. The molecule has 0 heterocycles. The predicted molar refractivity (Wildman–Crippen MR) is 107 cm³/mol. The highest BCUT2D eigenvalue weighted by Crippen LogP contribution is 2.34. The van der Waals surface area contributed by atoms with Crippen molar-refractivity contribution in [2.45, 2.75) is 70.0 Å². The summed E-state index contributed by atoms with van der Waals surface area (Å²) in [6, 6.07) is 0. The number of hydrogen-bond acceptors (Lipinski definition) is 4. The number of nitrogens with zero attached hydrogens (tertiary/aromatic N) is 2. The van der Waals surface area contributed by atoms with E-state index < -0.39 is 0 Å². The minimum absolute atomic E-state index is 0.121. The Bertz CT molecular complexity index is 643. The fourth-order valence-electron chi connectivity index (χ4n) is 4.14. The van der Waals surface area contributed by atoms with Crippen LogP contribution in [0.4, 0.5) is 0 Å². The molecule has 0 radical (unpaired) electrons. The van der Waals surface area contributed by atoms with Gasteiger partial charge in [-0.1, -0.05) is 32.4 Å². The van der Waals surface area contributed by atoms with E-state index in [9.17, 15) is 5.11 Å². The van der Waals surface area contributed by atoms with Crippen LogP contribution in [0.15, 0.2) is 59.0 Å². The molecular formula is C22H30N2O2. The molecule has 0 aliphatic heterocycles. The van der Waals surface area contributed by atoms with Crippen LogP contribution in [0.2, 0.25) is 0 Å². The van der Waals surface area contributed by atoms with Gasteiger partial charge in [0.2, 0.25) is 0 Å². The largest absolute Gasteiger partial charge is 0.488 e. The number of rotatable bonds is 5. The molecule has 0 bridgehead atoms. The lowest BCUT2D eigenvalue weighted by Gasteiger charge is -2.30. The molecule has 0 aromatic rings. The van der Waals surface area contributed by atoms with Crippen molar-refractivity contribution < 1.29 is 9.84 Å². The van der Waals surface area contributed by atoms with E-state index in [4.69, 9.17) is 4.74 Å². The van der Waals surface area contributed by atoms with Gasteiger partial charge in [-0.05, 0) is 62.2 Å². The van der Waals surface area contributed by atoms with Crippen LogP contribution in [0.1, 0.15) is 57.8 Å². The van der Waals surface area contributed by atoms with Gasteiger partial charge in [0.25, 0.3) is 0 Å². The summed E-state index contributed by atoms with van der Waals surface area (Å²) in [5.41, 5.74) is 2.82. The standard InChI is InChI=1S/C22H30N2O2/c1-3-23-20-14-17(16-8-6-5-7-9-16)15-21(22(20)24-4-2)26-19-12-10-18(25)11-13-19/h3-4,14-16,18-19,25H,1-2,5-13H2/b23-20-,24-22+/t18-,19+. The van der Waals surface area contributed by atoms with Crippen LogP contribution in [0.5, 0.6) is 0 Å². The topological polar surface area (TPSA) is 54.2 Å². The molecule has 140 valence electrons. The van der Waals surface area contributed by atoms with Gasteiger partial charge in [0.15, 0.2) is 0 Å². The lowest BCUT2D eigenvalue weighted by atomic mass is 9.81. The molecule has 0 unspecified atom stereocenters. The predicted octanol–water partition coefficient (Wildman–Crippen LogP) is 4.88. The summed E-state index contributed by atoms with van der Waals surface area (Å²) in [6.07, 6.45) is 17.0. The highest BCUT2D eigenvalue weighted by Gasteiger charge is 2.28. The van der Waals surface area contributed by atoms with Crippen molar-refractivity contribution in [2.75, 3.05) is 0 Å². The molecule has 2 fully saturated rings. The van der Waals surface area contributed by atoms with Crippen molar-refractivity contribution in [3.8, 4) is 0 Å². The first-order valence-electron chi connectivity index (χ1n) is 9.87. The van der Waals surface area contributed by atoms with Crippen LogP contribution in [-0.2, 0) is 4.74 Å². The third-order valence-electron chi connectivity index (χ3n) is 5.54. The molecule has 3 aliphatic rings. The molecular weight excluding hydrogens is 324 g/mol. The third kappa shape index (κ3) is 4.61. The van der Waals surface area contributed by atoms with Crippen molar-refractivity contribution in [3.63, 3.8) is 0 Å². The maximum Gasteiger partial charge on any atom is 0.147 e. The molecule has 3 aliphatic carbocycles. The van der Waals surface area contributed by atoms with Gasteiger partial charge >= 0.3 is 0 Å². The summed E-state index contributed by atoms with van der Waals surface area (Å²) in [7, 11) is 0. The van der Waals surface area contributed by atoms with E-state index in [0.29, 0.717) is 5.92 Å². The molecule has 0 saturated heterocycles. The Balaban J connectivity index is 1.87. The molecule has 4 heteroatoms. The first kappa shape index (κ1) is 18.8. The first-order valence-corrected chi connectivity index (χ1v) is 9.87. The van der Waals surface area contributed by atoms with Gasteiger partial charge in [-0.2, -0.15) is 0 Å². The summed E-state index contributed by atoms with van der Waals surface area (Å²) in [4.78, 5) is 8.89. The molecule has 2 saturated carbocycles.